The molecular formula is C13H15N3O3S. The van der Waals surface area contributed by atoms with E-state index in [0.717, 1.165) is 5.01 Å². The molecule has 1 unspecified atom stereocenters. The maximum atomic E-state index is 11.1. The summed E-state index contributed by atoms with van der Waals surface area (Å²) in [5.41, 5.74) is 0.495. The molecule has 1 aromatic carbocycles. The van der Waals surface area contributed by atoms with E-state index in [2.05, 4.69) is 10.3 Å². The van der Waals surface area contributed by atoms with Gasteiger partial charge in [-0.15, -0.1) is 11.3 Å². The number of methoxy groups -OCH3 is 1. The third kappa shape index (κ3) is 3.24. The van der Waals surface area contributed by atoms with Crippen molar-refractivity contribution in [2.75, 3.05) is 19.0 Å². The lowest BCUT2D eigenvalue weighted by Gasteiger charge is -2.12. The van der Waals surface area contributed by atoms with Crippen molar-refractivity contribution < 1.29 is 9.66 Å². The van der Waals surface area contributed by atoms with Gasteiger partial charge in [0.15, 0.2) is 0 Å². The predicted octanol–water partition coefficient (Wildman–Crippen LogP) is 3.28. The molecule has 0 aliphatic carbocycles. The molecule has 0 aliphatic rings. The zero-order valence-electron chi connectivity index (χ0n) is 11.2. The van der Waals surface area contributed by atoms with E-state index in [-0.39, 0.29) is 11.6 Å². The average Bonchev–Trinajstić information content (AvgIpc) is 2.98. The molecule has 1 heterocycles. The van der Waals surface area contributed by atoms with Crippen molar-refractivity contribution in [1.82, 2.24) is 4.98 Å². The highest BCUT2D eigenvalue weighted by atomic mass is 32.1. The number of benzene rings is 1. The Hall–Kier alpha value is -2.15. The molecule has 0 saturated heterocycles. The number of nitrogens with one attached hydrogen (secondary N) is 1. The van der Waals surface area contributed by atoms with Crippen LogP contribution in [0.25, 0.3) is 0 Å². The summed E-state index contributed by atoms with van der Waals surface area (Å²) in [5.74, 6) is 0.659. The summed E-state index contributed by atoms with van der Waals surface area (Å²) in [7, 11) is 1.48. The molecule has 2 aromatic rings. The normalized spacial score (nSPS) is 11.9. The number of thiazole rings is 1. The largest absolute Gasteiger partial charge is 0.496 e. The number of nitro benzene ring substituents is 1. The van der Waals surface area contributed by atoms with Crippen LogP contribution in [0.2, 0.25) is 0 Å². The van der Waals surface area contributed by atoms with Gasteiger partial charge in [0, 0.05) is 24.0 Å². The molecule has 6 nitrogen and oxygen atoms in total. The van der Waals surface area contributed by atoms with Crippen LogP contribution in [-0.2, 0) is 0 Å². The van der Waals surface area contributed by atoms with Crippen LogP contribution in [-0.4, -0.2) is 23.6 Å². The Labute approximate surface area is 120 Å². The van der Waals surface area contributed by atoms with Crippen molar-refractivity contribution in [3.8, 4) is 5.75 Å². The first-order valence-corrected chi connectivity index (χ1v) is 6.95. The molecule has 0 saturated carbocycles. The Balaban J connectivity index is 2.11. The van der Waals surface area contributed by atoms with Crippen LogP contribution in [0.15, 0.2) is 29.8 Å². The molecule has 7 heteroatoms. The highest BCUT2D eigenvalue weighted by Crippen LogP contribution is 2.29. The van der Waals surface area contributed by atoms with E-state index in [4.69, 9.17) is 4.74 Å². The fourth-order valence-corrected chi connectivity index (χ4v) is 2.47. The van der Waals surface area contributed by atoms with Crippen molar-refractivity contribution in [3.05, 3.63) is 44.9 Å². The number of hydrogen-bond acceptors (Lipinski definition) is 6. The van der Waals surface area contributed by atoms with Crippen LogP contribution >= 0.6 is 11.3 Å². The van der Waals surface area contributed by atoms with E-state index in [1.165, 1.54) is 13.2 Å². The predicted molar refractivity (Wildman–Crippen MR) is 78.7 cm³/mol. The molecule has 0 fully saturated rings. The molecule has 20 heavy (non-hydrogen) atoms. The Morgan fingerprint density at radius 3 is 2.95 bits per heavy atom. The van der Waals surface area contributed by atoms with Crippen LogP contribution in [0.1, 0.15) is 17.8 Å². The summed E-state index contributed by atoms with van der Waals surface area (Å²) < 4.78 is 5.00. The minimum Gasteiger partial charge on any atom is -0.496 e. The molecule has 1 N–H and O–H groups in total. The fourth-order valence-electron chi connectivity index (χ4n) is 1.77. The zero-order chi connectivity index (χ0) is 14.5. The van der Waals surface area contributed by atoms with Crippen LogP contribution in [0, 0.1) is 10.1 Å². The summed E-state index contributed by atoms with van der Waals surface area (Å²) >= 11 is 1.58. The van der Waals surface area contributed by atoms with Gasteiger partial charge in [-0.3, -0.25) is 10.1 Å². The van der Waals surface area contributed by atoms with E-state index < -0.39 is 4.92 Å². The number of anilines is 1. The van der Waals surface area contributed by atoms with Gasteiger partial charge in [0.25, 0.3) is 5.69 Å². The van der Waals surface area contributed by atoms with Crippen molar-refractivity contribution in [2.24, 2.45) is 0 Å². The van der Waals surface area contributed by atoms with E-state index in [9.17, 15) is 10.1 Å². The molecule has 0 bridgehead atoms. The fraction of sp³-hybridized carbons (Fsp3) is 0.308. The summed E-state index contributed by atoms with van der Waals surface area (Å²) in [4.78, 5) is 14.9. The van der Waals surface area contributed by atoms with Gasteiger partial charge in [-0.05, 0) is 12.1 Å². The topological polar surface area (TPSA) is 77.3 Å². The number of ether oxygens (including phenoxy) is 1. The lowest BCUT2D eigenvalue weighted by atomic mass is 10.2. The Morgan fingerprint density at radius 1 is 1.55 bits per heavy atom. The van der Waals surface area contributed by atoms with E-state index in [1.54, 1.807) is 29.7 Å². The molecule has 1 atom stereocenters. The number of aromatic nitrogens is 1. The first-order valence-electron chi connectivity index (χ1n) is 6.07. The van der Waals surface area contributed by atoms with E-state index in [0.29, 0.717) is 18.0 Å². The van der Waals surface area contributed by atoms with E-state index in [1.807, 2.05) is 12.3 Å². The first-order chi connectivity index (χ1) is 9.61. The molecule has 2 rings (SSSR count). The molecule has 0 amide bonds. The smallest absolute Gasteiger partial charge is 0.296 e. The Kier molecular flexibility index (Phi) is 4.52. The number of hydrogen-bond donors (Lipinski definition) is 1. The maximum absolute atomic E-state index is 11.1. The van der Waals surface area contributed by atoms with Gasteiger partial charge in [0.05, 0.1) is 23.1 Å². The van der Waals surface area contributed by atoms with Crippen LogP contribution in [0.4, 0.5) is 11.4 Å². The average molecular weight is 293 g/mol. The van der Waals surface area contributed by atoms with Gasteiger partial charge in [0.2, 0.25) is 0 Å². The molecule has 0 spiro atoms. The Bertz CT molecular complexity index is 587. The zero-order valence-corrected chi connectivity index (χ0v) is 12.0. The summed E-state index contributed by atoms with van der Waals surface area (Å²) in [6.45, 7) is 2.61. The second-order valence-corrected chi connectivity index (χ2v) is 5.22. The van der Waals surface area contributed by atoms with Crippen LogP contribution in [0.5, 0.6) is 5.75 Å². The minimum atomic E-state index is -0.418. The molecule has 1 aromatic heterocycles. The second-order valence-electron chi connectivity index (χ2n) is 4.29. The van der Waals surface area contributed by atoms with E-state index >= 15 is 0 Å². The van der Waals surface area contributed by atoms with Crippen LogP contribution < -0.4 is 10.1 Å². The maximum Gasteiger partial charge on any atom is 0.296 e. The van der Waals surface area contributed by atoms with Gasteiger partial charge >= 0.3 is 0 Å². The van der Waals surface area contributed by atoms with Gasteiger partial charge in [-0.1, -0.05) is 6.92 Å². The summed E-state index contributed by atoms with van der Waals surface area (Å²) in [5, 5.41) is 17.1. The number of nitro groups is 1. The van der Waals surface area contributed by atoms with Crippen molar-refractivity contribution in [3.63, 3.8) is 0 Å². The number of rotatable bonds is 6. The number of nitrogens with zero attached hydrogens (tertiary/aromatic N) is 2. The third-order valence-corrected chi connectivity index (χ3v) is 3.88. The quantitative estimate of drug-likeness (QED) is 0.653. The van der Waals surface area contributed by atoms with Crippen LogP contribution in [0.3, 0.4) is 0 Å². The minimum absolute atomic E-state index is 0.00990. The lowest BCUT2D eigenvalue weighted by Crippen LogP contribution is -2.10. The second kappa shape index (κ2) is 6.33. The molecule has 0 aliphatic heterocycles. The van der Waals surface area contributed by atoms with Gasteiger partial charge in [-0.25, -0.2) is 4.98 Å². The highest BCUT2D eigenvalue weighted by Gasteiger charge is 2.16. The summed E-state index contributed by atoms with van der Waals surface area (Å²) in [6.07, 6.45) is 1.76. The third-order valence-electron chi connectivity index (χ3n) is 2.87. The first kappa shape index (κ1) is 14.3. The van der Waals surface area contributed by atoms with Gasteiger partial charge < -0.3 is 10.1 Å². The Morgan fingerprint density at radius 2 is 2.35 bits per heavy atom. The monoisotopic (exact) mass is 293 g/mol. The van der Waals surface area contributed by atoms with Gasteiger partial charge in [0.1, 0.15) is 11.4 Å². The van der Waals surface area contributed by atoms with Crippen molar-refractivity contribution in [2.45, 2.75) is 12.8 Å². The molecular weight excluding hydrogens is 278 g/mol. The van der Waals surface area contributed by atoms with Gasteiger partial charge in [-0.2, -0.15) is 0 Å². The molecule has 106 valence electrons. The summed E-state index contributed by atoms with van der Waals surface area (Å²) in [6, 6.07) is 4.77. The SMILES string of the molecule is COc1ccc(NCC(C)c2nccs2)c([N+](=O)[O-])c1. The van der Waals surface area contributed by atoms with Crippen molar-refractivity contribution >= 4 is 22.7 Å². The lowest BCUT2D eigenvalue weighted by molar-refractivity contribution is -0.384. The molecule has 0 radical (unpaired) electrons. The highest BCUT2D eigenvalue weighted by molar-refractivity contribution is 7.09. The standard InChI is InChI=1S/C13H15N3O3S/c1-9(13-14-5-6-20-13)8-15-11-4-3-10(19-2)7-12(11)16(17)18/h3-7,9,15H,8H2,1-2H3. The van der Waals surface area contributed by atoms with Crippen molar-refractivity contribution in [1.29, 1.82) is 0 Å².